The largest absolute Gasteiger partial charge is 0.497 e. The van der Waals surface area contributed by atoms with Gasteiger partial charge in [0.15, 0.2) is 0 Å². The molecule has 0 bridgehead atoms. The van der Waals surface area contributed by atoms with E-state index < -0.39 is 5.41 Å². The van der Waals surface area contributed by atoms with Gasteiger partial charge in [-0.1, -0.05) is 36.4 Å². The van der Waals surface area contributed by atoms with Gasteiger partial charge in [0.2, 0.25) is 11.9 Å². The summed E-state index contributed by atoms with van der Waals surface area (Å²) >= 11 is 0. The second-order valence-corrected chi connectivity index (χ2v) is 6.89. The Morgan fingerprint density at radius 1 is 1.27 bits per heavy atom. The standard InChI is InChI=1S/C21H21N3O2/c1-21(19(25)24-20-22-10-11-23-20)13-15-8-9-16(26-2)12-17(15)18(21)14-6-4-3-5-7-14/h3-12,18H,13H2,1-2H3,(H2,22,23,24,25)/t18-,21+/m1/s1. The van der Waals surface area contributed by atoms with E-state index in [1.807, 2.05) is 31.2 Å². The van der Waals surface area contributed by atoms with Crippen molar-refractivity contribution in [2.24, 2.45) is 5.41 Å². The van der Waals surface area contributed by atoms with Crippen LogP contribution < -0.4 is 10.1 Å². The Balaban J connectivity index is 1.79. The van der Waals surface area contributed by atoms with E-state index in [0.717, 1.165) is 16.9 Å². The molecule has 5 heteroatoms. The lowest BCUT2D eigenvalue weighted by Crippen LogP contribution is -2.38. The van der Waals surface area contributed by atoms with Gasteiger partial charge in [-0.15, -0.1) is 0 Å². The number of carbonyl (C=O) groups excluding carboxylic acids is 1. The van der Waals surface area contributed by atoms with Crippen LogP contribution in [0.4, 0.5) is 5.95 Å². The number of anilines is 1. The zero-order chi connectivity index (χ0) is 18.1. The molecule has 0 fully saturated rings. The summed E-state index contributed by atoms with van der Waals surface area (Å²) < 4.78 is 5.42. The highest BCUT2D eigenvalue weighted by Gasteiger charge is 2.49. The molecule has 1 aliphatic rings. The van der Waals surface area contributed by atoms with Gasteiger partial charge in [-0.05, 0) is 42.2 Å². The first kappa shape index (κ1) is 16.4. The number of aromatic nitrogens is 2. The van der Waals surface area contributed by atoms with Crippen molar-refractivity contribution in [2.45, 2.75) is 19.3 Å². The Bertz CT molecular complexity index is 922. The molecule has 5 nitrogen and oxygen atoms in total. The van der Waals surface area contributed by atoms with Crippen LogP contribution in [0.15, 0.2) is 60.9 Å². The van der Waals surface area contributed by atoms with Gasteiger partial charge in [0, 0.05) is 18.3 Å². The minimum absolute atomic E-state index is 0.0449. The first-order chi connectivity index (χ1) is 12.6. The second-order valence-electron chi connectivity index (χ2n) is 6.89. The Kier molecular flexibility index (Phi) is 3.99. The van der Waals surface area contributed by atoms with Gasteiger partial charge >= 0.3 is 0 Å². The maximum absolute atomic E-state index is 13.2. The topological polar surface area (TPSA) is 67.0 Å². The fourth-order valence-corrected chi connectivity index (χ4v) is 3.96. The van der Waals surface area contributed by atoms with Crippen LogP contribution in [0.1, 0.15) is 29.5 Å². The number of fused-ring (bicyclic) bond motifs is 1. The van der Waals surface area contributed by atoms with Crippen molar-refractivity contribution < 1.29 is 9.53 Å². The van der Waals surface area contributed by atoms with Gasteiger partial charge in [0.1, 0.15) is 5.75 Å². The summed E-state index contributed by atoms with van der Waals surface area (Å²) in [4.78, 5) is 20.3. The van der Waals surface area contributed by atoms with E-state index in [1.165, 1.54) is 5.56 Å². The fourth-order valence-electron chi connectivity index (χ4n) is 3.96. The number of hydrogen-bond donors (Lipinski definition) is 2. The highest BCUT2D eigenvalue weighted by atomic mass is 16.5. The van der Waals surface area contributed by atoms with Gasteiger partial charge in [-0.3, -0.25) is 10.1 Å². The van der Waals surface area contributed by atoms with Crippen molar-refractivity contribution in [3.05, 3.63) is 77.6 Å². The minimum atomic E-state index is -0.622. The molecule has 0 radical (unpaired) electrons. The van der Waals surface area contributed by atoms with Crippen LogP contribution in [0.2, 0.25) is 0 Å². The molecule has 26 heavy (non-hydrogen) atoms. The molecule has 0 saturated heterocycles. The molecule has 0 unspecified atom stereocenters. The molecule has 0 aliphatic heterocycles. The molecule has 1 aromatic heterocycles. The molecule has 1 aliphatic carbocycles. The number of benzene rings is 2. The molecule has 2 N–H and O–H groups in total. The van der Waals surface area contributed by atoms with Crippen LogP contribution >= 0.6 is 0 Å². The normalized spacial score (nSPS) is 21.2. The molecule has 1 heterocycles. The molecular weight excluding hydrogens is 326 g/mol. The van der Waals surface area contributed by atoms with Crippen molar-refractivity contribution in [1.29, 1.82) is 0 Å². The van der Waals surface area contributed by atoms with E-state index in [-0.39, 0.29) is 11.8 Å². The van der Waals surface area contributed by atoms with Gasteiger partial charge in [-0.2, -0.15) is 0 Å². The Morgan fingerprint density at radius 3 is 2.77 bits per heavy atom. The molecule has 2 atom stereocenters. The van der Waals surface area contributed by atoms with Crippen LogP contribution in [-0.4, -0.2) is 23.0 Å². The molecule has 132 valence electrons. The number of amides is 1. The predicted octanol–water partition coefficient (Wildman–Crippen LogP) is 3.75. The number of ether oxygens (including phenoxy) is 1. The van der Waals surface area contributed by atoms with Gasteiger partial charge in [0.25, 0.3) is 0 Å². The molecular formula is C21H21N3O2. The highest BCUT2D eigenvalue weighted by Crippen LogP contribution is 2.51. The lowest BCUT2D eigenvalue weighted by Gasteiger charge is -2.31. The predicted molar refractivity (Wildman–Crippen MR) is 100 cm³/mol. The smallest absolute Gasteiger partial charge is 0.233 e. The van der Waals surface area contributed by atoms with E-state index in [2.05, 4.69) is 39.6 Å². The summed E-state index contributed by atoms with van der Waals surface area (Å²) in [5, 5.41) is 2.93. The third-order valence-electron chi connectivity index (χ3n) is 5.24. The number of methoxy groups -OCH3 is 1. The van der Waals surface area contributed by atoms with E-state index in [0.29, 0.717) is 12.4 Å². The lowest BCUT2D eigenvalue weighted by atomic mass is 9.73. The zero-order valence-corrected chi connectivity index (χ0v) is 14.8. The Hall–Kier alpha value is -3.08. The van der Waals surface area contributed by atoms with Crippen LogP contribution in [0.5, 0.6) is 5.75 Å². The van der Waals surface area contributed by atoms with Crippen molar-refractivity contribution in [2.75, 3.05) is 12.4 Å². The average molecular weight is 347 g/mol. The first-order valence-electron chi connectivity index (χ1n) is 8.64. The van der Waals surface area contributed by atoms with Gasteiger partial charge in [0.05, 0.1) is 12.5 Å². The number of imidazole rings is 1. The number of H-pyrrole nitrogens is 1. The number of nitrogens with one attached hydrogen (secondary N) is 2. The van der Waals surface area contributed by atoms with Crippen LogP contribution in [0, 0.1) is 5.41 Å². The minimum Gasteiger partial charge on any atom is -0.497 e. The number of hydrogen-bond acceptors (Lipinski definition) is 3. The van der Waals surface area contributed by atoms with Crippen molar-refractivity contribution in [3.63, 3.8) is 0 Å². The maximum atomic E-state index is 13.2. The van der Waals surface area contributed by atoms with Crippen LogP contribution in [0.3, 0.4) is 0 Å². The SMILES string of the molecule is COc1ccc2c(c1)[C@@H](c1ccccc1)[C@@](C)(C(=O)Nc1ncc[nH]1)C2. The lowest BCUT2D eigenvalue weighted by molar-refractivity contribution is -0.125. The number of carbonyl (C=O) groups is 1. The molecule has 3 aromatic rings. The highest BCUT2D eigenvalue weighted by molar-refractivity contribution is 5.96. The van der Waals surface area contributed by atoms with E-state index >= 15 is 0 Å². The first-order valence-corrected chi connectivity index (χ1v) is 8.64. The zero-order valence-electron chi connectivity index (χ0n) is 14.8. The monoisotopic (exact) mass is 347 g/mol. The number of aromatic amines is 1. The van der Waals surface area contributed by atoms with Gasteiger partial charge < -0.3 is 9.72 Å². The fraction of sp³-hybridized carbons (Fsp3) is 0.238. The van der Waals surface area contributed by atoms with Crippen molar-refractivity contribution >= 4 is 11.9 Å². The molecule has 2 aromatic carbocycles. The number of rotatable bonds is 4. The summed E-state index contributed by atoms with van der Waals surface area (Å²) in [5.74, 6) is 1.18. The summed E-state index contributed by atoms with van der Waals surface area (Å²) in [6.45, 7) is 2.02. The molecule has 0 saturated carbocycles. The van der Waals surface area contributed by atoms with E-state index in [9.17, 15) is 4.79 Å². The quantitative estimate of drug-likeness (QED) is 0.755. The summed E-state index contributed by atoms with van der Waals surface area (Å²) in [5.41, 5.74) is 2.82. The van der Waals surface area contributed by atoms with Crippen molar-refractivity contribution in [1.82, 2.24) is 9.97 Å². The Morgan fingerprint density at radius 2 is 2.08 bits per heavy atom. The van der Waals surface area contributed by atoms with E-state index in [4.69, 9.17) is 4.74 Å². The summed E-state index contributed by atoms with van der Waals surface area (Å²) in [6, 6.07) is 16.3. The summed E-state index contributed by atoms with van der Waals surface area (Å²) in [6.07, 6.45) is 3.99. The maximum Gasteiger partial charge on any atom is 0.233 e. The van der Waals surface area contributed by atoms with Gasteiger partial charge in [-0.25, -0.2) is 4.98 Å². The third kappa shape index (κ3) is 2.65. The second kappa shape index (κ2) is 6.33. The molecule has 0 spiro atoms. The van der Waals surface area contributed by atoms with Crippen LogP contribution in [0.25, 0.3) is 0 Å². The average Bonchev–Trinajstić information content (AvgIpc) is 3.27. The van der Waals surface area contributed by atoms with Crippen LogP contribution in [-0.2, 0) is 11.2 Å². The Labute approximate surface area is 152 Å². The van der Waals surface area contributed by atoms with Crippen molar-refractivity contribution in [3.8, 4) is 5.75 Å². The third-order valence-corrected chi connectivity index (χ3v) is 5.24. The summed E-state index contributed by atoms with van der Waals surface area (Å²) in [7, 11) is 1.66. The molecule has 4 rings (SSSR count). The number of nitrogens with zero attached hydrogens (tertiary/aromatic N) is 1. The van der Waals surface area contributed by atoms with E-state index in [1.54, 1.807) is 19.5 Å². The molecule has 1 amide bonds.